The van der Waals surface area contributed by atoms with E-state index >= 15 is 0 Å². The predicted molar refractivity (Wildman–Crippen MR) is 92.4 cm³/mol. The molecule has 0 saturated carbocycles. The minimum Gasteiger partial charge on any atom is -0.445 e. The SMILES string of the molecule is O=C(NC(C(=O)CC1CCNC(=O)C1=O)c1nn[nH]n1)OCc1ccccc1. The first kappa shape index (κ1) is 19.1. The fraction of sp³-hybridized carbons (Fsp3) is 0.353. The first-order chi connectivity index (χ1) is 13.5. The van der Waals surface area contributed by atoms with E-state index in [-0.39, 0.29) is 18.9 Å². The number of aromatic amines is 1. The van der Waals surface area contributed by atoms with E-state index in [0.717, 1.165) is 5.56 Å². The molecule has 2 atom stereocenters. The summed E-state index contributed by atoms with van der Waals surface area (Å²) in [6.45, 7) is 0.322. The van der Waals surface area contributed by atoms with Crippen LogP contribution >= 0.6 is 0 Å². The van der Waals surface area contributed by atoms with E-state index in [2.05, 4.69) is 31.3 Å². The number of benzene rings is 1. The number of H-pyrrole nitrogens is 1. The molecular formula is C17H18N6O5. The highest BCUT2D eigenvalue weighted by atomic mass is 16.5. The number of rotatable bonds is 7. The summed E-state index contributed by atoms with van der Waals surface area (Å²) >= 11 is 0. The Morgan fingerprint density at radius 3 is 2.75 bits per heavy atom. The van der Waals surface area contributed by atoms with Gasteiger partial charge in [0.1, 0.15) is 6.61 Å². The molecular weight excluding hydrogens is 368 g/mol. The van der Waals surface area contributed by atoms with E-state index in [1.165, 1.54) is 0 Å². The summed E-state index contributed by atoms with van der Waals surface area (Å²) in [4.78, 5) is 48.2. The summed E-state index contributed by atoms with van der Waals surface area (Å²) in [5.41, 5.74) is 0.777. The van der Waals surface area contributed by atoms with Crippen LogP contribution in [-0.2, 0) is 25.7 Å². The second-order valence-electron chi connectivity index (χ2n) is 6.19. The van der Waals surface area contributed by atoms with Crippen molar-refractivity contribution in [1.82, 2.24) is 31.3 Å². The summed E-state index contributed by atoms with van der Waals surface area (Å²) in [7, 11) is 0. The predicted octanol–water partition coefficient (Wildman–Crippen LogP) is -0.168. The van der Waals surface area contributed by atoms with Crippen LogP contribution in [0.4, 0.5) is 4.79 Å². The zero-order chi connectivity index (χ0) is 19.9. The molecule has 0 radical (unpaired) electrons. The number of hydrogen-bond donors (Lipinski definition) is 3. The van der Waals surface area contributed by atoms with Gasteiger partial charge in [0, 0.05) is 18.9 Å². The largest absolute Gasteiger partial charge is 0.445 e. The van der Waals surface area contributed by atoms with Gasteiger partial charge < -0.3 is 15.4 Å². The molecule has 3 rings (SSSR count). The number of amides is 2. The van der Waals surface area contributed by atoms with Crippen molar-refractivity contribution < 1.29 is 23.9 Å². The number of Topliss-reactive ketones (excluding diaryl/α,β-unsaturated/α-hetero) is 2. The molecule has 0 spiro atoms. The van der Waals surface area contributed by atoms with Gasteiger partial charge in [-0.3, -0.25) is 14.4 Å². The van der Waals surface area contributed by atoms with E-state index in [9.17, 15) is 19.2 Å². The number of carbonyl (C=O) groups is 4. The minimum absolute atomic E-state index is 0.0150. The molecule has 28 heavy (non-hydrogen) atoms. The Bertz CT molecular complexity index is 854. The van der Waals surface area contributed by atoms with Gasteiger partial charge in [-0.2, -0.15) is 5.21 Å². The molecule has 1 aromatic heterocycles. The molecule has 3 N–H and O–H groups in total. The van der Waals surface area contributed by atoms with Crippen LogP contribution < -0.4 is 10.6 Å². The molecule has 1 saturated heterocycles. The quantitative estimate of drug-likeness (QED) is 0.554. The Kier molecular flexibility index (Phi) is 6.04. The highest BCUT2D eigenvalue weighted by molar-refractivity contribution is 6.37. The lowest BCUT2D eigenvalue weighted by molar-refractivity contribution is -0.143. The van der Waals surface area contributed by atoms with Crippen LogP contribution in [0.5, 0.6) is 0 Å². The van der Waals surface area contributed by atoms with Crippen molar-refractivity contribution in [1.29, 1.82) is 0 Å². The number of ketones is 2. The fourth-order valence-corrected chi connectivity index (χ4v) is 2.78. The van der Waals surface area contributed by atoms with Crippen molar-refractivity contribution in [3.8, 4) is 0 Å². The molecule has 0 aliphatic carbocycles. The van der Waals surface area contributed by atoms with Gasteiger partial charge in [-0.05, 0) is 12.0 Å². The molecule has 1 aromatic carbocycles. The molecule has 1 aliphatic heterocycles. The van der Waals surface area contributed by atoms with Gasteiger partial charge in [0.25, 0.3) is 5.91 Å². The highest BCUT2D eigenvalue weighted by Crippen LogP contribution is 2.19. The number of aromatic nitrogens is 4. The molecule has 2 amide bonds. The molecule has 11 heteroatoms. The van der Waals surface area contributed by atoms with Crippen molar-refractivity contribution in [2.45, 2.75) is 25.5 Å². The first-order valence-electron chi connectivity index (χ1n) is 8.60. The molecule has 2 aromatic rings. The van der Waals surface area contributed by atoms with E-state index in [4.69, 9.17) is 4.74 Å². The summed E-state index contributed by atoms with van der Waals surface area (Å²) in [6, 6.07) is 7.77. The fourth-order valence-electron chi connectivity index (χ4n) is 2.78. The smallest absolute Gasteiger partial charge is 0.408 e. The monoisotopic (exact) mass is 386 g/mol. The van der Waals surface area contributed by atoms with Crippen LogP contribution in [0.1, 0.15) is 30.3 Å². The Hall–Kier alpha value is -3.63. The number of alkyl carbamates (subject to hydrolysis) is 1. The normalized spacial score (nSPS) is 17.5. The van der Waals surface area contributed by atoms with E-state index < -0.39 is 35.5 Å². The van der Waals surface area contributed by atoms with Crippen molar-refractivity contribution in [2.75, 3.05) is 6.54 Å². The zero-order valence-corrected chi connectivity index (χ0v) is 14.8. The Labute approximate surface area is 159 Å². The number of carbonyl (C=O) groups excluding carboxylic acids is 4. The number of tetrazole rings is 1. The Morgan fingerprint density at radius 1 is 1.25 bits per heavy atom. The molecule has 2 unspecified atom stereocenters. The van der Waals surface area contributed by atoms with Gasteiger partial charge in [0.05, 0.1) is 0 Å². The third-order valence-electron chi connectivity index (χ3n) is 4.24. The highest BCUT2D eigenvalue weighted by Gasteiger charge is 2.35. The van der Waals surface area contributed by atoms with Gasteiger partial charge in [0.2, 0.25) is 11.6 Å². The van der Waals surface area contributed by atoms with Crippen LogP contribution in [0, 0.1) is 5.92 Å². The maximum absolute atomic E-state index is 12.7. The van der Waals surface area contributed by atoms with Gasteiger partial charge >= 0.3 is 6.09 Å². The van der Waals surface area contributed by atoms with Crippen LogP contribution in [0.25, 0.3) is 0 Å². The summed E-state index contributed by atoms with van der Waals surface area (Å²) in [6.07, 6.45) is -0.738. The van der Waals surface area contributed by atoms with Crippen molar-refractivity contribution in [2.24, 2.45) is 5.92 Å². The topological polar surface area (TPSA) is 156 Å². The first-order valence-corrected chi connectivity index (χ1v) is 8.60. The third kappa shape index (κ3) is 4.75. The lowest BCUT2D eigenvalue weighted by atomic mass is 9.89. The second-order valence-corrected chi connectivity index (χ2v) is 6.19. The van der Waals surface area contributed by atoms with Crippen LogP contribution in [0.2, 0.25) is 0 Å². The maximum atomic E-state index is 12.7. The maximum Gasteiger partial charge on any atom is 0.408 e. The standard InChI is InChI=1S/C17H18N6O5/c24-12(8-11-6-7-18-16(26)14(11)25)13(15-20-22-23-21-15)19-17(27)28-9-10-4-2-1-3-5-10/h1-5,11,13H,6-9H2,(H,18,26)(H,19,27)(H,20,21,22,23). The van der Waals surface area contributed by atoms with E-state index in [0.29, 0.717) is 13.0 Å². The van der Waals surface area contributed by atoms with Gasteiger partial charge in [0.15, 0.2) is 11.8 Å². The molecule has 2 heterocycles. The number of hydrogen-bond acceptors (Lipinski definition) is 8. The van der Waals surface area contributed by atoms with Gasteiger partial charge in [-0.25, -0.2) is 4.79 Å². The van der Waals surface area contributed by atoms with Crippen LogP contribution in [0.3, 0.4) is 0 Å². The lowest BCUT2D eigenvalue weighted by Crippen LogP contribution is -2.44. The van der Waals surface area contributed by atoms with Crippen LogP contribution in [-0.4, -0.2) is 50.7 Å². The van der Waals surface area contributed by atoms with Crippen LogP contribution in [0.15, 0.2) is 30.3 Å². The molecule has 11 nitrogen and oxygen atoms in total. The summed E-state index contributed by atoms with van der Waals surface area (Å²) < 4.78 is 5.12. The number of nitrogens with zero attached hydrogens (tertiary/aromatic N) is 3. The third-order valence-corrected chi connectivity index (χ3v) is 4.24. The Morgan fingerprint density at radius 2 is 2.04 bits per heavy atom. The van der Waals surface area contributed by atoms with Crippen molar-refractivity contribution in [3.05, 3.63) is 41.7 Å². The van der Waals surface area contributed by atoms with E-state index in [1.807, 2.05) is 6.07 Å². The average molecular weight is 386 g/mol. The average Bonchev–Trinajstić information content (AvgIpc) is 3.23. The Balaban J connectivity index is 1.64. The molecule has 1 aliphatic rings. The number of ether oxygens (including phenoxy) is 1. The summed E-state index contributed by atoms with van der Waals surface area (Å²) in [5.74, 6) is -2.70. The molecule has 146 valence electrons. The minimum atomic E-state index is -1.25. The number of nitrogens with one attached hydrogen (secondary N) is 3. The number of piperidine rings is 1. The van der Waals surface area contributed by atoms with Crippen molar-refractivity contribution >= 4 is 23.6 Å². The molecule has 1 fully saturated rings. The second kappa shape index (κ2) is 8.84. The zero-order valence-electron chi connectivity index (χ0n) is 14.8. The lowest BCUT2D eigenvalue weighted by Gasteiger charge is -2.22. The van der Waals surface area contributed by atoms with Crippen molar-refractivity contribution in [3.63, 3.8) is 0 Å². The summed E-state index contributed by atoms with van der Waals surface area (Å²) in [5, 5.41) is 17.9. The molecule has 0 bridgehead atoms. The van der Waals surface area contributed by atoms with Gasteiger partial charge in [-0.15, -0.1) is 10.2 Å². The van der Waals surface area contributed by atoms with Gasteiger partial charge in [-0.1, -0.05) is 35.5 Å². The van der Waals surface area contributed by atoms with E-state index in [1.54, 1.807) is 24.3 Å².